The summed E-state index contributed by atoms with van der Waals surface area (Å²) in [5, 5.41) is 14.8. The SMILES string of the molecule is CNC(=O)Cn1ccc2c(c1=O)NCC(O)C2. The van der Waals surface area contributed by atoms with E-state index < -0.39 is 6.10 Å². The smallest absolute Gasteiger partial charge is 0.274 e. The van der Waals surface area contributed by atoms with E-state index in [1.165, 1.54) is 11.6 Å². The van der Waals surface area contributed by atoms with Gasteiger partial charge in [-0.1, -0.05) is 0 Å². The van der Waals surface area contributed by atoms with Gasteiger partial charge < -0.3 is 20.3 Å². The van der Waals surface area contributed by atoms with E-state index in [2.05, 4.69) is 10.6 Å². The van der Waals surface area contributed by atoms with Crippen molar-refractivity contribution in [2.45, 2.75) is 19.1 Å². The molecule has 0 saturated carbocycles. The molecule has 1 aromatic heterocycles. The summed E-state index contributed by atoms with van der Waals surface area (Å²) in [6.07, 6.45) is 1.59. The maximum absolute atomic E-state index is 12.0. The first-order chi connectivity index (χ1) is 8.11. The lowest BCUT2D eigenvalue weighted by molar-refractivity contribution is -0.121. The number of aliphatic hydroxyl groups excluding tert-OH is 1. The van der Waals surface area contributed by atoms with Gasteiger partial charge in [-0.25, -0.2) is 0 Å². The molecule has 17 heavy (non-hydrogen) atoms. The first kappa shape index (κ1) is 11.7. The molecule has 1 aromatic rings. The molecule has 0 aromatic carbocycles. The number of β-amino-alcohol motifs (C(OH)–C–C–N with tert-alkyl or cyclic N) is 1. The molecule has 2 heterocycles. The van der Waals surface area contributed by atoms with Crippen LogP contribution in [0.4, 0.5) is 5.69 Å². The van der Waals surface area contributed by atoms with Crippen molar-refractivity contribution in [3.8, 4) is 0 Å². The lowest BCUT2D eigenvalue weighted by Gasteiger charge is -2.22. The summed E-state index contributed by atoms with van der Waals surface area (Å²) in [4.78, 5) is 23.2. The number of carbonyl (C=O) groups is 1. The van der Waals surface area contributed by atoms with Gasteiger partial charge in [-0.3, -0.25) is 9.59 Å². The predicted molar refractivity (Wildman–Crippen MR) is 63.0 cm³/mol. The lowest BCUT2D eigenvalue weighted by Crippen LogP contribution is -2.36. The minimum Gasteiger partial charge on any atom is -0.391 e. The van der Waals surface area contributed by atoms with E-state index in [0.717, 1.165) is 5.56 Å². The number of rotatable bonds is 2. The number of aliphatic hydroxyl groups is 1. The van der Waals surface area contributed by atoms with Gasteiger partial charge in [-0.2, -0.15) is 0 Å². The van der Waals surface area contributed by atoms with E-state index in [4.69, 9.17) is 0 Å². The molecule has 92 valence electrons. The second-order valence-corrected chi connectivity index (χ2v) is 4.06. The van der Waals surface area contributed by atoms with Gasteiger partial charge in [0.15, 0.2) is 0 Å². The Labute approximate surface area is 98.3 Å². The molecule has 3 N–H and O–H groups in total. The molecule has 0 aliphatic carbocycles. The topological polar surface area (TPSA) is 83.4 Å². The summed E-state index contributed by atoms with van der Waals surface area (Å²) >= 11 is 0. The predicted octanol–water partition coefficient (Wildman–Crippen LogP) is -1.08. The Morgan fingerprint density at radius 1 is 1.71 bits per heavy atom. The van der Waals surface area contributed by atoms with Crippen LogP contribution in [0.25, 0.3) is 0 Å². The number of nitrogens with one attached hydrogen (secondary N) is 2. The molecule has 1 aliphatic heterocycles. The minimum atomic E-state index is -0.461. The van der Waals surface area contributed by atoms with Crippen molar-refractivity contribution >= 4 is 11.6 Å². The monoisotopic (exact) mass is 237 g/mol. The van der Waals surface area contributed by atoms with Crippen LogP contribution in [-0.4, -0.2) is 35.3 Å². The van der Waals surface area contributed by atoms with Gasteiger partial charge in [0.1, 0.15) is 12.2 Å². The zero-order valence-corrected chi connectivity index (χ0v) is 9.56. The van der Waals surface area contributed by atoms with E-state index in [1.807, 2.05) is 0 Å². The average Bonchev–Trinajstić information content (AvgIpc) is 2.32. The van der Waals surface area contributed by atoms with Crippen molar-refractivity contribution in [3.63, 3.8) is 0 Å². The fraction of sp³-hybridized carbons (Fsp3) is 0.455. The number of pyridine rings is 1. The van der Waals surface area contributed by atoms with Gasteiger partial charge in [-0.15, -0.1) is 0 Å². The van der Waals surface area contributed by atoms with Crippen LogP contribution >= 0.6 is 0 Å². The van der Waals surface area contributed by atoms with Crippen molar-refractivity contribution in [3.05, 3.63) is 28.2 Å². The van der Waals surface area contributed by atoms with Crippen LogP contribution < -0.4 is 16.2 Å². The van der Waals surface area contributed by atoms with E-state index in [0.29, 0.717) is 18.7 Å². The summed E-state index contributed by atoms with van der Waals surface area (Å²) in [6.45, 7) is 0.374. The summed E-state index contributed by atoms with van der Waals surface area (Å²) in [6, 6.07) is 1.76. The fourth-order valence-electron chi connectivity index (χ4n) is 1.88. The Hall–Kier alpha value is -1.82. The van der Waals surface area contributed by atoms with Crippen LogP contribution in [0.2, 0.25) is 0 Å². The number of likely N-dealkylation sites (N-methyl/N-ethyl adjacent to an activating group) is 1. The number of aromatic nitrogens is 1. The van der Waals surface area contributed by atoms with E-state index >= 15 is 0 Å². The first-order valence-corrected chi connectivity index (χ1v) is 5.46. The molecule has 1 atom stereocenters. The molecule has 0 bridgehead atoms. The molecule has 0 spiro atoms. The van der Waals surface area contributed by atoms with Crippen molar-refractivity contribution in [2.24, 2.45) is 0 Å². The molecular weight excluding hydrogens is 222 g/mol. The largest absolute Gasteiger partial charge is 0.391 e. The van der Waals surface area contributed by atoms with Crippen LogP contribution in [0.15, 0.2) is 17.1 Å². The molecule has 0 saturated heterocycles. The van der Waals surface area contributed by atoms with Crippen molar-refractivity contribution in [1.29, 1.82) is 0 Å². The Morgan fingerprint density at radius 2 is 2.47 bits per heavy atom. The standard InChI is InChI=1S/C11H15N3O3/c1-12-9(16)6-14-3-2-7-4-8(15)5-13-10(7)11(14)17/h2-3,8,13,15H,4-6H2,1H3,(H,12,16). The Morgan fingerprint density at radius 3 is 3.18 bits per heavy atom. The quantitative estimate of drug-likeness (QED) is 0.611. The highest BCUT2D eigenvalue weighted by Gasteiger charge is 2.19. The molecule has 2 rings (SSSR count). The second-order valence-electron chi connectivity index (χ2n) is 4.06. The third kappa shape index (κ3) is 2.31. The molecule has 6 nitrogen and oxygen atoms in total. The molecule has 6 heteroatoms. The fourth-order valence-corrected chi connectivity index (χ4v) is 1.88. The van der Waals surface area contributed by atoms with Crippen LogP contribution in [-0.2, 0) is 17.8 Å². The number of fused-ring (bicyclic) bond motifs is 1. The summed E-state index contributed by atoms with van der Waals surface area (Å²) in [5.74, 6) is -0.220. The molecule has 1 unspecified atom stereocenters. The summed E-state index contributed by atoms with van der Waals surface area (Å²) < 4.78 is 1.35. The highest BCUT2D eigenvalue weighted by atomic mass is 16.3. The third-order valence-electron chi connectivity index (χ3n) is 2.81. The summed E-state index contributed by atoms with van der Waals surface area (Å²) in [5.41, 5.74) is 1.06. The molecule has 0 radical (unpaired) electrons. The highest BCUT2D eigenvalue weighted by Crippen LogP contribution is 2.17. The number of hydrogen-bond acceptors (Lipinski definition) is 4. The molecule has 1 aliphatic rings. The van der Waals surface area contributed by atoms with Gasteiger partial charge in [0.25, 0.3) is 5.56 Å². The lowest BCUT2D eigenvalue weighted by atomic mass is 10.0. The maximum atomic E-state index is 12.0. The van der Waals surface area contributed by atoms with E-state index in [9.17, 15) is 14.7 Å². The molecular formula is C11H15N3O3. The highest BCUT2D eigenvalue weighted by molar-refractivity contribution is 5.75. The molecule has 0 fully saturated rings. The number of hydrogen-bond donors (Lipinski definition) is 3. The summed E-state index contributed by atoms with van der Waals surface area (Å²) in [7, 11) is 1.53. The Balaban J connectivity index is 2.33. The number of carbonyl (C=O) groups excluding carboxylic acids is 1. The Kier molecular flexibility index (Phi) is 3.14. The van der Waals surface area contributed by atoms with Crippen LogP contribution in [0, 0.1) is 0 Å². The van der Waals surface area contributed by atoms with Gasteiger partial charge >= 0.3 is 0 Å². The van der Waals surface area contributed by atoms with Crippen molar-refractivity contribution in [1.82, 2.24) is 9.88 Å². The van der Waals surface area contributed by atoms with Gasteiger partial charge in [0, 0.05) is 26.2 Å². The van der Waals surface area contributed by atoms with Crippen molar-refractivity contribution < 1.29 is 9.90 Å². The van der Waals surface area contributed by atoms with Crippen LogP contribution in [0.3, 0.4) is 0 Å². The first-order valence-electron chi connectivity index (χ1n) is 5.46. The van der Waals surface area contributed by atoms with Crippen LogP contribution in [0.1, 0.15) is 5.56 Å². The normalized spacial score (nSPS) is 18.1. The number of anilines is 1. The zero-order chi connectivity index (χ0) is 12.4. The zero-order valence-electron chi connectivity index (χ0n) is 9.56. The average molecular weight is 237 g/mol. The van der Waals surface area contributed by atoms with E-state index in [-0.39, 0.29) is 18.0 Å². The third-order valence-corrected chi connectivity index (χ3v) is 2.81. The second kappa shape index (κ2) is 4.58. The maximum Gasteiger partial charge on any atom is 0.274 e. The van der Waals surface area contributed by atoms with Crippen molar-refractivity contribution in [2.75, 3.05) is 18.9 Å². The minimum absolute atomic E-state index is 0.00679. The van der Waals surface area contributed by atoms with Crippen LogP contribution in [0.5, 0.6) is 0 Å². The molecule has 1 amide bonds. The van der Waals surface area contributed by atoms with Gasteiger partial charge in [-0.05, 0) is 11.6 Å². The van der Waals surface area contributed by atoms with Gasteiger partial charge in [0.05, 0.1) is 6.10 Å². The van der Waals surface area contributed by atoms with E-state index in [1.54, 1.807) is 12.3 Å². The number of nitrogens with zero attached hydrogens (tertiary/aromatic N) is 1. The van der Waals surface area contributed by atoms with Gasteiger partial charge in [0.2, 0.25) is 5.91 Å². The number of amides is 1. The Bertz CT molecular complexity index is 495.